The molecule has 1 aromatic heterocycles. The molecule has 2 rings (SSSR count). The fourth-order valence-electron chi connectivity index (χ4n) is 1.71. The largest absolute Gasteiger partial charge is 0.478 e. The molecule has 0 saturated carbocycles. The van der Waals surface area contributed by atoms with Crippen LogP contribution in [0.15, 0.2) is 35.7 Å². The monoisotopic (exact) mass is 262 g/mol. The van der Waals surface area contributed by atoms with Gasteiger partial charge in [0.15, 0.2) is 0 Å². The van der Waals surface area contributed by atoms with Crippen molar-refractivity contribution in [3.63, 3.8) is 0 Å². The van der Waals surface area contributed by atoms with E-state index in [1.54, 1.807) is 23.5 Å². The Morgan fingerprint density at radius 3 is 2.83 bits per heavy atom. The van der Waals surface area contributed by atoms with Crippen molar-refractivity contribution in [1.82, 2.24) is 0 Å². The smallest absolute Gasteiger partial charge is 0.337 e. The Labute approximate surface area is 109 Å². The first kappa shape index (κ1) is 12.4. The van der Waals surface area contributed by atoms with Crippen molar-refractivity contribution in [3.05, 3.63) is 46.2 Å². The first-order valence-corrected chi connectivity index (χ1v) is 6.38. The molecule has 0 fully saturated rings. The van der Waals surface area contributed by atoms with Gasteiger partial charge in [-0.15, -0.1) is 11.3 Å². The van der Waals surface area contributed by atoms with E-state index >= 15 is 0 Å². The molecule has 1 unspecified atom stereocenters. The predicted octanol–water partition coefficient (Wildman–Crippen LogP) is 3.20. The number of nitrogens with one attached hydrogen (secondary N) is 1. The molecule has 18 heavy (non-hydrogen) atoms. The second-order valence-electron chi connectivity index (χ2n) is 3.99. The fourth-order valence-corrected chi connectivity index (χ4v) is 2.44. The van der Waals surface area contributed by atoms with Crippen LogP contribution < -0.4 is 11.1 Å². The second kappa shape index (κ2) is 5.10. The number of nitrogen functional groups attached to an aromatic ring is 1. The molecule has 4 nitrogen and oxygen atoms in total. The van der Waals surface area contributed by atoms with Crippen molar-refractivity contribution in [2.75, 3.05) is 11.1 Å². The summed E-state index contributed by atoms with van der Waals surface area (Å²) >= 11 is 1.63. The van der Waals surface area contributed by atoms with Gasteiger partial charge < -0.3 is 16.2 Å². The van der Waals surface area contributed by atoms with Gasteiger partial charge in [0.2, 0.25) is 0 Å². The lowest BCUT2D eigenvalue weighted by Gasteiger charge is -2.16. The fraction of sp³-hybridized carbons (Fsp3) is 0.154. The summed E-state index contributed by atoms with van der Waals surface area (Å²) in [5.74, 6) is -0.983. The lowest BCUT2D eigenvalue weighted by atomic mass is 10.1. The van der Waals surface area contributed by atoms with Gasteiger partial charge in [-0.2, -0.15) is 0 Å². The third-order valence-electron chi connectivity index (χ3n) is 2.62. The van der Waals surface area contributed by atoms with Crippen LogP contribution in [-0.2, 0) is 0 Å². The number of carboxylic acid groups (broad SMARTS) is 1. The minimum atomic E-state index is -0.983. The van der Waals surface area contributed by atoms with Gasteiger partial charge in [0.1, 0.15) is 0 Å². The van der Waals surface area contributed by atoms with E-state index in [0.29, 0.717) is 11.4 Å². The predicted molar refractivity (Wildman–Crippen MR) is 74.2 cm³/mol. The van der Waals surface area contributed by atoms with E-state index in [0.717, 1.165) is 4.88 Å². The van der Waals surface area contributed by atoms with Crippen molar-refractivity contribution in [1.29, 1.82) is 0 Å². The van der Waals surface area contributed by atoms with Gasteiger partial charge in [-0.3, -0.25) is 0 Å². The number of hydrogen-bond donors (Lipinski definition) is 3. The standard InChI is InChI=1S/C13H14N2O2S/c1-8(12-3-2-6-18-12)15-11-5-4-9(14)7-10(11)13(16)17/h2-8,15H,14H2,1H3,(H,16,17). The van der Waals surface area contributed by atoms with E-state index in [1.165, 1.54) is 6.07 Å². The highest BCUT2D eigenvalue weighted by molar-refractivity contribution is 7.10. The van der Waals surface area contributed by atoms with Crippen LogP contribution in [0.25, 0.3) is 0 Å². The molecule has 1 heterocycles. The lowest BCUT2D eigenvalue weighted by Crippen LogP contribution is -2.10. The van der Waals surface area contributed by atoms with Crippen molar-refractivity contribution < 1.29 is 9.90 Å². The van der Waals surface area contributed by atoms with E-state index < -0.39 is 5.97 Å². The molecule has 0 saturated heterocycles. The SMILES string of the molecule is CC(Nc1ccc(N)cc1C(=O)O)c1cccs1. The van der Waals surface area contributed by atoms with Gasteiger partial charge >= 0.3 is 5.97 Å². The highest BCUT2D eigenvalue weighted by Gasteiger charge is 2.13. The molecule has 0 aliphatic carbocycles. The Balaban J connectivity index is 2.26. The second-order valence-corrected chi connectivity index (χ2v) is 4.97. The van der Waals surface area contributed by atoms with E-state index in [9.17, 15) is 4.79 Å². The quantitative estimate of drug-likeness (QED) is 0.740. The molecular formula is C13H14N2O2S. The van der Waals surface area contributed by atoms with Crippen molar-refractivity contribution >= 4 is 28.7 Å². The molecule has 0 radical (unpaired) electrons. The van der Waals surface area contributed by atoms with Crippen LogP contribution >= 0.6 is 11.3 Å². The van der Waals surface area contributed by atoms with Gasteiger partial charge in [-0.1, -0.05) is 6.07 Å². The summed E-state index contributed by atoms with van der Waals surface area (Å²) in [5.41, 5.74) is 6.82. The lowest BCUT2D eigenvalue weighted by molar-refractivity contribution is 0.0698. The van der Waals surface area contributed by atoms with Crippen molar-refractivity contribution in [2.45, 2.75) is 13.0 Å². The van der Waals surface area contributed by atoms with Gasteiger partial charge in [-0.05, 0) is 36.6 Å². The number of rotatable bonds is 4. The molecule has 0 aliphatic rings. The minimum Gasteiger partial charge on any atom is -0.478 e. The number of aromatic carboxylic acids is 1. The Morgan fingerprint density at radius 1 is 1.44 bits per heavy atom. The number of benzene rings is 1. The Kier molecular flexibility index (Phi) is 3.53. The number of hydrogen-bond acceptors (Lipinski definition) is 4. The van der Waals surface area contributed by atoms with Gasteiger partial charge in [0.05, 0.1) is 11.6 Å². The van der Waals surface area contributed by atoms with Crippen LogP contribution in [0.3, 0.4) is 0 Å². The summed E-state index contributed by atoms with van der Waals surface area (Å²) in [6.07, 6.45) is 0. The zero-order valence-corrected chi connectivity index (χ0v) is 10.7. The summed E-state index contributed by atoms with van der Waals surface area (Å²) in [6, 6.07) is 8.90. The van der Waals surface area contributed by atoms with Gasteiger partial charge in [0, 0.05) is 16.3 Å². The van der Waals surface area contributed by atoms with Crippen molar-refractivity contribution in [3.8, 4) is 0 Å². The summed E-state index contributed by atoms with van der Waals surface area (Å²) in [7, 11) is 0. The summed E-state index contributed by atoms with van der Waals surface area (Å²) < 4.78 is 0. The molecular weight excluding hydrogens is 248 g/mol. The number of carboxylic acids is 1. The Bertz CT molecular complexity index is 552. The molecule has 0 aliphatic heterocycles. The van der Waals surface area contributed by atoms with Crippen LogP contribution in [0.4, 0.5) is 11.4 Å². The van der Waals surface area contributed by atoms with Crippen LogP contribution in [0.1, 0.15) is 28.2 Å². The van der Waals surface area contributed by atoms with Crippen LogP contribution in [-0.4, -0.2) is 11.1 Å². The average Bonchev–Trinajstić information content (AvgIpc) is 2.84. The first-order chi connectivity index (χ1) is 8.58. The highest BCUT2D eigenvalue weighted by Crippen LogP contribution is 2.26. The number of thiophene rings is 1. The molecule has 2 aromatic rings. The maximum Gasteiger partial charge on any atom is 0.337 e. The molecule has 5 heteroatoms. The van der Waals surface area contributed by atoms with E-state index in [-0.39, 0.29) is 11.6 Å². The summed E-state index contributed by atoms with van der Waals surface area (Å²) in [6.45, 7) is 1.99. The molecule has 1 atom stereocenters. The zero-order chi connectivity index (χ0) is 13.1. The molecule has 1 aromatic carbocycles. The maximum atomic E-state index is 11.1. The van der Waals surface area contributed by atoms with Crippen molar-refractivity contribution in [2.24, 2.45) is 0 Å². The maximum absolute atomic E-state index is 11.1. The van der Waals surface area contributed by atoms with E-state index in [4.69, 9.17) is 10.8 Å². The first-order valence-electron chi connectivity index (χ1n) is 5.50. The Hall–Kier alpha value is -2.01. The Morgan fingerprint density at radius 2 is 2.22 bits per heavy atom. The molecule has 0 bridgehead atoms. The van der Waals surface area contributed by atoms with E-state index in [1.807, 2.05) is 24.4 Å². The minimum absolute atomic E-state index is 0.0618. The normalized spacial score (nSPS) is 12.1. The summed E-state index contributed by atoms with van der Waals surface area (Å²) in [4.78, 5) is 12.3. The van der Waals surface area contributed by atoms with Crippen LogP contribution in [0.5, 0.6) is 0 Å². The molecule has 94 valence electrons. The third kappa shape index (κ3) is 2.62. The summed E-state index contributed by atoms with van der Waals surface area (Å²) in [5, 5.41) is 14.3. The molecule has 0 amide bonds. The van der Waals surface area contributed by atoms with Gasteiger partial charge in [0.25, 0.3) is 0 Å². The molecule has 0 spiro atoms. The number of anilines is 2. The number of carbonyl (C=O) groups is 1. The third-order valence-corrected chi connectivity index (χ3v) is 3.67. The van der Waals surface area contributed by atoms with E-state index in [2.05, 4.69) is 5.32 Å². The van der Waals surface area contributed by atoms with Gasteiger partial charge in [-0.25, -0.2) is 4.79 Å². The average molecular weight is 262 g/mol. The topological polar surface area (TPSA) is 75.3 Å². The number of nitrogens with two attached hydrogens (primary N) is 1. The van der Waals surface area contributed by atoms with Crippen LogP contribution in [0.2, 0.25) is 0 Å². The molecule has 4 N–H and O–H groups in total. The van der Waals surface area contributed by atoms with Crippen LogP contribution in [0, 0.1) is 0 Å². The highest BCUT2D eigenvalue weighted by atomic mass is 32.1. The zero-order valence-electron chi connectivity index (χ0n) is 9.88.